The van der Waals surface area contributed by atoms with Crippen molar-refractivity contribution in [1.82, 2.24) is 58.7 Å². The zero-order chi connectivity index (χ0) is 24.9. The Balaban J connectivity index is 0.000000137. The summed E-state index contributed by atoms with van der Waals surface area (Å²) in [5.41, 5.74) is 8.24. The maximum atomic E-state index is 5.30. The van der Waals surface area contributed by atoms with Crippen LogP contribution in [0.25, 0.3) is 11.3 Å². The lowest BCUT2D eigenvalue weighted by Crippen LogP contribution is -1.99. The normalized spacial score (nSPS) is 10.5. The van der Waals surface area contributed by atoms with Gasteiger partial charge in [-0.2, -0.15) is 20.4 Å². The molecule has 0 radical (unpaired) electrons. The second kappa shape index (κ2) is 10.9. The molecule has 0 aromatic carbocycles. The second-order valence-electron chi connectivity index (χ2n) is 6.80. The first-order chi connectivity index (χ1) is 16.8. The number of anilines is 3. The van der Waals surface area contributed by atoms with E-state index in [-0.39, 0.29) is 0 Å². The van der Waals surface area contributed by atoms with Crippen LogP contribution < -0.4 is 11.1 Å². The molecule has 0 amide bonds. The van der Waals surface area contributed by atoms with Gasteiger partial charge in [0.05, 0.1) is 36.2 Å². The van der Waals surface area contributed by atoms with E-state index in [9.17, 15) is 0 Å². The Morgan fingerprint density at radius 2 is 1.34 bits per heavy atom. The topological polar surface area (TPSA) is 160 Å². The van der Waals surface area contributed by atoms with Crippen molar-refractivity contribution < 1.29 is 0 Å². The second-order valence-corrected chi connectivity index (χ2v) is 9.17. The Hall–Kier alpha value is -3.44. The van der Waals surface area contributed by atoms with Crippen LogP contribution in [0.15, 0.2) is 63.6 Å². The van der Waals surface area contributed by atoms with Crippen molar-refractivity contribution in [2.45, 2.75) is 0 Å². The van der Waals surface area contributed by atoms with Crippen molar-refractivity contribution in [3.63, 3.8) is 0 Å². The third-order valence-corrected chi connectivity index (χ3v) is 5.41. The van der Waals surface area contributed by atoms with Gasteiger partial charge in [-0.05, 0) is 47.8 Å². The Morgan fingerprint density at radius 1 is 0.743 bits per heavy atom. The maximum absolute atomic E-state index is 5.30. The van der Waals surface area contributed by atoms with E-state index in [1.807, 2.05) is 20.3 Å². The largest absolute Gasteiger partial charge is 0.396 e. The fraction of sp³-hybridized carbons (Fsp3) is 0.111. The smallest absolute Gasteiger partial charge is 0.198 e. The molecule has 3 N–H and O–H groups in total. The molecule has 6 rings (SSSR count). The van der Waals surface area contributed by atoms with Gasteiger partial charge in [-0.25, -0.2) is 29.0 Å². The molecule has 14 nitrogen and oxygen atoms in total. The molecule has 0 saturated carbocycles. The predicted molar refractivity (Wildman–Crippen MR) is 139 cm³/mol. The summed E-state index contributed by atoms with van der Waals surface area (Å²) in [6.07, 6.45) is 13.4. The Morgan fingerprint density at radius 3 is 1.91 bits per heavy atom. The zero-order valence-corrected chi connectivity index (χ0v) is 23.0. The number of hydrogen-bond donors (Lipinski definition) is 2. The van der Waals surface area contributed by atoms with Crippen LogP contribution in [0.3, 0.4) is 0 Å². The van der Waals surface area contributed by atoms with Crippen LogP contribution in [0.1, 0.15) is 0 Å². The first kappa shape index (κ1) is 24.7. The average Bonchev–Trinajstić information content (AvgIpc) is 3.58. The summed E-state index contributed by atoms with van der Waals surface area (Å²) in [6.45, 7) is 0. The van der Waals surface area contributed by atoms with Gasteiger partial charge >= 0.3 is 0 Å². The molecular formula is C18H17Br3N14. The predicted octanol–water partition coefficient (Wildman–Crippen LogP) is 3.02. The van der Waals surface area contributed by atoms with Gasteiger partial charge < -0.3 is 11.1 Å². The zero-order valence-electron chi connectivity index (χ0n) is 18.2. The molecule has 0 unspecified atom stereocenters. The summed E-state index contributed by atoms with van der Waals surface area (Å²) >= 11 is 9.83. The minimum atomic E-state index is 0.630. The first-order valence-corrected chi connectivity index (χ1v) is 12.0. The minimum Gasteiger partial charge on any atom is -0.396 e. The summed E-state index contributed by atoms with van der Waals surface area (Å²) < 4.78 is 8.75. The number of nitrogens with one attached hydrogen (secondary N) is 1. The Kier molecular flexibility index (Phi) is 7.67. The van der Waals surface area contributed by atoms with Crippen molar-refractivity contribution in [2.75, 3.05) is 11.1 Å². The number of nitrogens with zero attached hydrogens (tertiary/aromatic N) is 12. The molecule has 0 aliphatic rings. The molecule has 6 heterocycles. The number of aryl methyl sites for hydroxylation is 2. The van der Waals surface area contributed by atoms with Crippen LogP contribution >= 0.6 is 47.8 Å². The van der Waals surface area contributed by atoms with E-state index < -0.39 is 0 Å². The van der Waals surface area contributed by atoms with Crippen LogP contribution in [-0.4, -0.2) is 58.7 Å². The van der Waals surface area contributed by atoms with Gasteiger partial charge in [0.1, 0.15) is 21.9 Å². The van der Waals surface area contributed by atoms with Gasteiger partial charge in [-0.1, -0.05) is 0 Å². The van der Waals surface area contributed by atoms with Crippen molar-refractivity contribution in [3.8, 4) is 0 Å². The number of hydrogen-bond acceptors (Lipinski definition) is 10. The number of nitrogens with two attached hydrogens (primary N) is 1. The molecule has 0 bridgehead atoms. The number of halogens is 3. The summed E-state index contributed by atoms with van der Waals surface area (Å²) in [5.74, 6) is 0.630. The Labute approximate surface area is 223 Å². The van der Waals surface area contributed by atoms with Crippen molar-refractivity contribution in [3.05, 3.63) is 63.6 Å². The van der Waals surface area contributed by atoms with Gasteiger partial charge in [0.2, 0.25) is 0 Å². The highest BCUT2D eigenvalue weighted by Crippen LogP contribution is 2.20. The van der Waals surface area contributed by atoms with Gasteiger partial charge in [0.15, 0.2) is 21.7 Å². The monoisotopic (exact) mass is 666 g/mol. The van der Waals surface area contributed by atoms with Gasteiger partial charge in [0, 0.05) is 26.5 Å². The Bertz CT molecular complexity index is 1550. The van der Waals surface area contributed by atoms with E-state index in [1.54, 1.807) is 49.4 Å². The first-order valence-electron chi connectivity index (χ1n) is 9.65. The average molecular weight is 669 g/mol. The highest BCUT2D eigenvalue weighted by Gasteiger charge is 2.08. The van der Waals surface area contributed by atoms with Crippen LogP contribution in [0.5, 0.6) is 0 Å². The molecule has 180 valence electrons. The highest BCUT2D eigenvalue weighted by atomic mass is 79.9. The van der Waals surface area contributed by atoms with Gasteiger partial charge in [-0.15, -0.1) is 0 Å². The molecule has 17 heteroatoms. The molecule has 0 fully saturated rings. The molecule has 6 aromatic heterocycles. The quantitative estimate of drug-likeness (QED) is 0.281. The number of aromatic nitrogens is 12. The van der Waals surface area contributed by atoms with E-state index in [4.69, 9.17) is 5.73 Å². The van der Waals surface area contributed by atoms with E-state index in [2.05, 4.69) is 93.4 Å². The number of nitrogen functional groups attached to an aromatic ring is 1. The molecule has 0 aliphatic heterocycles. The summed E-state index contributed by atoms with van der Waals surface area (Å²) in [4.78, 5) is 16.5. The molecule has 0 aliphatic carbocycles. The fourth-order valence-electron chi connectivity index (χ4n) is 2.71. The molecule has 0 atom stereocenters. The lowest BCUT2D eigenvalue weighted by Gasteiger charge is -2.04. The van der Waals surface area contributed by atoms with E-state index in [1.165, 1.54) is 12.7 Å². The number of fused-ring (bicyclic) bond motifs is 2. The summed E-state index contributed by atoms with van der Waals surface area (Å²) in [5, 5.41) is 19.0. The van der Waals surface area contributed by atoms with Gasteiger partial charge in [0.25, 0.3) is 0 Å². The maximum Gasteiger partial charge on any atom is 0.198 e. The number of rotatable bonds is 2. The van der Waals surface area contributed by atoms with Crippen LogP contribution in [0.4, 0.5) is 17.2 Å². The molecule has 0 spiro atoms. The van der Waals surface area contributed by atoms with Crippen LogP contribution in [-0.2, 0) is 14.1 Å². The SMILES string of the molecule is Brc1cn2ncnc2c(Br)n1.Cn1cc(N)cn1.Cn1cc(Nc2nc(Br)cn3ncnc23)cn1. The summed E-state index contributed by atoms with van der Waals surface area (Å²) in [6, 6.07) is 0. The molecule has 6 aromatic rings. The third-order valence-electron chi connectivity index (χ3n) is 4.12. The lowest BCUT2D eigenvalue weighted by molar-refractivity contribution is 0.768. The highest BCUT2D eigenvalue weighted by molar-refractivity contribution is 9.11. The van der Waals surface area contributed by atoms with E-state index in [0.717, 1.165) is 10.3 Å². The molecule has 0 saturated heterocycles. The molecular weight excluding hydrogens is 652 g/mol. The van der Waals surface area contributed by atoms with Crippen LogP contribution in [0, 0.1) is 0 Å². The minimum absolute atomic E-state index is 0.630. The standard InChI is InChI=1S/C9H8BrN7.C5H2Br2N4.C4H7N3/c1-16-3-6(2-12-16)14-8-9-11-5-13-17(9)4-7(10)15-8;6-3-1-11-5(4(7)10-3)8-2-9-11;1-7-3-4(5)2-6-7/h2-5H,1H3,(H,14,15);1-2H;2-3H,5H2,1H3. The third kappa shape index (κ3) is 6.37. The van der Waals surface area contributed by atoms with Gasteiger partial charge in [-0.3, -0.25) is 9.36 Å². The van der Waals surface area contributed by atoms with Crippen molar-refractivity contribution in [2.24, 2.45) is 14.1 Å². The van der Waals surface area contributed by atoms with E-state index in [0.29, 0.717) is 32.0 Å². The molecule has 35 heavy (non-hydrogen) atoms. The summed E-state index contributed by atoms with van der Waals surface area (Å²) in [7, 11) is 3.68. The lowest BCUT2D eigenvalue weighted by atomic mass is 10.5. The van der Waals surface area contributed by atoms with Crippen molar-refractivity contribution in [1.29, 1.82) is 0 Å². The van der Waals surface area contributed by atoms with Crippen LogP contribution in [0.2, 0.25) is 0 Å². The fourth-order valence-corrected chi connectivity index (χ4v) is 4.17. The van der Waals surface area contributed by atoms with E-state index >= 15 is 0 Å². The van der Waals surface area contributed by atoms with Crippen molar-refractivity contribution >= 4 is 76.3 Å².